The normalized spacial score (nSPS) is 18.6. The lowest BCUT2D eigenvalue weighted by atomic mass is 9.85. The molecular weight excluding hydrogens is 326 g/mol. The Morgan fingerprint density at radius 3 is 2.57 bits per heavy atom. The minimum absolute atomic E-state index is 0.118. The molecule has 2 aromatic rings. The van der Waals surface area contributed by atoms with Crippen LogP contribution in [0.5, 0.6) is 0 Å². The van der Waals surface area contributed by atoms with E-state index in [1.54, 1.807) is 0 Å². The van der Waals surface area contributed by atoms with Gasteiger partial charge in [-0.2, -0.15) is 0 Å². The Balaban J connectivity index is 2.00. The van der Waals surface area contributed by atoms with Crippen molar-refractivity contribution in [1.82, 2.24) is 4.90 Å². The van der Waals surface area contributed by atoms with Gasteiger partial charge in [0.15, 0.2) is 5.78 Å². The number of halogens is 1. The highest BCUT2D eigenvalue weighted by Crippen LogP contribution is 2.31. The molecule has 1 atom stereocenters. The summed E-state index contributed by atoms with van der Waals surface area (Å²) in [6.45, 7) is 0.714. The van der Waals surface area contributed by atoms with Gasteiger partial charge in [-0.15, -0.1) is 0 Å². The number of nitrogens with zero attached hydrogens (tertiary/aromatic N) is 1. The van der Waals surface area contributed by atoms with Gasteiger partial charge in [-0.05, 0) is 23.3 Å². The van der Waals surface area contributed by atoms with Crippen LogP contribution in [0, 0.1) is 0 Å². The molecule has 0 fully saturated rings. The van der Waals surface area contributed by atoms with E-state index in [4.69, 9.17) is 0 Å². The third kappa shape index (κ3) is 2.93. The van der Waals surface area contributed by atoms with Crippen molar-refractivity contribution in [2.24, 2.45) is 0 Å². The Morgan fingerprint density at radius 1 is 1.10 bits per heavy atom. The summed E-state index contributed by atoms with van der Waals surface area (Å²) in [5, 5.41) is 0. The molecule has 2 nitrogen and oxygen atoms in total. The van der Waals surface area contributed by atoms with Crippen molar-refractivity contribution in [3.8, 4) is 0 Å². The SMILES string of the molecule is CN1C=C(c2ccccc2)C(=O)C(c2cccc(Br)c2)C1. The van der Waals surface area contributed by atoms with Crippen LogP contribution in [0.1, 0.15) is 17.0 Å². The zero-order chi connectivity index (χ0) is 14.8. The third-order valence-electron chi connectivity index (χ3n) is 3.74. The lowest BCUT2D eigenvalue weighted by Gasteiger charge is -2.29. The fourth-order valence-electron chi connectivity index (χ4n) is 2.71. The van der Waals surface area contributed by atoms with Crippen LogP contribution in [-0.4, -0.2) is 24.3 Å². The molecule has 3 heteroatoms. The summed E-state index contributed by atoms with van der Waals surface area (Å²) in [5.74, 6) is 0.0742. The van der Waals surface area contributed by atoms with Crippen LogP contribution in [-0.2, 0) is 4.79 Å². The molecule has 0 amide bonds. The summed E-state index contributed by atoms with van der Waals surface area (Å²) in [4.78, 5) is 15.0. The Morgan fingerprint density at radius 2 is 1.86 bits per heavy atom. The van der Waals surface area contributed by atoms with Crippen LogP contribution in [0.25, 0.3) is 5.57 Å². The molecule has 0 bridgehead atoms. The van der Waals surface area contributed by atoms with Gasteiger partial charge in [-0.1, -0.05) is 58.4 Å². The first-order valence-electron chi connectivity index (χ1n) is 6.92. The summed E-state index contributed by atoms with van der Waals surface area (Å²) in [6, 6.07) is 17.9. The van der Waals surface area contributed by atoms with E-state index < -0.39 is 0 Å². The first kappa shape index (κ1) is 14.1. The maximum atomic E-state index is 12.9. The Bertz CT molecular complexity index is 693. The molecule has 21 heavy (non-hydrogen) atoms. The van der Waals surface area contributed by atoms with Crippen molar-refractivity contribution < 1.29 is 4.79 Å². The van der Waals surface area contributed by atoms with Gasteiger partial charge in [0.1, 0.15) is 0 Å². The zero-order valence-corrected chi connectivity index (χ0v) is 13.4. The number of likely N-dealkylation sites (N-methyl/N-ethyl adjacent to an activating group) is 1. The molecule has 1 aliphatic heterocycles. The van der Waals surface area contributed by atoms with E-state index in [-0.39, 0.29) is 11.7 Å². The monoisotopic (exact) mass is 341 g/mol. The lowest BCUT2D eigenvalue weighted by Crippen LogP contribution is -2.31. The second-order valence-electron chi connectivity index (χ2n) is 5.32. The van der Waals surface area contributed by atoms with Crippen molar-refractivity contribution in [3.05, 3.63) is 76.4 Å². The van der Waals surface area contributed by atoms with Crippen LogP contribution in [0.15, 0.2) is 65.3 Å². The highest BCUT2D eigenvalue weighted by Gasteiger charge is 2.29. The molecule has 0 saturated heterocycles. The van der Waals surface area contributed by atoms with Crippen molar-refractivity contribution in [1.29, 1.82) is 0 Å². The Kier molecular flexibility index (Phi) is 3.93. The molecular formula is C18H16BrNO. The van der Waals surface area contributed by atoms with Gasteiger partial charge in [0.05, 0.1) is 5.92 Å². The fraction of sp³-hybridized carbons (Fsp3) is 0.167. The van der Waals surface area contributed by atoms with Gasteiger partial charge in [0, 0.05) is 29.8 Å². The van der Waals surface area contributed by atoms with Gasteiger partial charge < -0.3 is 4.90 Å². The van der Waals surface area contributed by atoms with Gasteiger partial charge >= 0.3 is 0 Å². The number of ketones is 1. The van der Waals surface area contributed by atoms with Crippen molar-refractivity contribution in [2.45, 2.75) is 5.92 Å². The molecule has 0 N–H and O–H groups in total. The maximum Gasteiger partial charge on any atom is 0.174 e. The molecule has 0 saturated carbocycles. The van der Waals surface area contributed by atoms with Crippen LogP contribution in [0.4, 0.5) is 0 Å². The summed E-state index contributed by atoms with van der Waals surface area (Å²) in [6.07, 6.45) is 1.95. The van der Waals surface area contributed by atoms with Gasteiger partial charge in [-0.25, -0.2) is 0 Å². The van der Waals surface area contributed by atoms with E-state index in [2.05, 4.69) is 20.8 Å². The zero-order valence-electron chi connectivity index (χ0n) is 11.8. The first-order valence-corrected chi connectivity index (χ1v) is 7.71. The largest absolute Gasteiger partial charge is 0.379 e. The van der Waals surface area contributed by atoms with Gasteiger partial charge in [-0.3, -0.25) is 4.79 Å². The Labute approximate surface area is 133 Å². The summed E-state index contributed by atoms with van der Waals surface area (Å²) in [5.41, 5.74) is 2.83. The number of benzene rings is 2. The fourth-order valence-corrected chi connectivity index (χ4v) is 3.13. The quantitative estimate of drug-likeness (QED) is 0.819. The smallest absolute Gasteiger partial charge is 0.174 e. The first-order chi connectivity index (χ1) is 10.1. The lowest BCUT2D eigenvalue weighted by molar-refractivity contribution is -0.115. The average Bonchev–Trinajstić information content (AvgIpc) is 2.50. The number of rotatable bonds is 2. The molecule has 0 aromatic heterocycles. The number of carbonyl (C=O) groups excluding carboxylic acids is 1. The minimum Gasteiger partial charge on any atom is -0.379 e. The average molecular weight is 342 g/mol. The molecule has 1 heterocycles. The van der Waals surface area contributed by atoms with E-state index in [0.29, 0.717) is 6.54 Å². The molecule has 0 spiro atoms. The van der Waals surface area contributed by atoms with E-state index in [0.717, 1.165) is 21.2 Å². The maximum absolute atomic E-state index is 12.9. The van der Waals surface area contributed by atoms with Crippen LogP contribution >= 0.6 is 15.9 Å². The van der Waals surface area contributed by atoms with Crippen molar-refractivity contribution >= 4 is 27.3 Å². The number of hydrogen-bond acceptors (Lipinski definition) is 2. The highest BCUT2D eigenvalue weighted by atomic mass is 79.9. The highest BCUT2D eigenvalue weighted by molar-refractivity contribution is 9.10. The number of carbonyl (C=O) groups is 1. The molecule has 0 aliphatic carbocycles. The number of allylic oxidation sites excluding steroid dienone is 1. The molecule has 0 radical (unpaired) electrons. The van der Waals surface area contributed by atoms with E-state index in [1.807, 2.05) is 67.8 Å². The van der Waals surface area contributed by atoms with E-state index in [9.17, 15) is 4.79 Å². The predicted molar refractivity (Wildman–Crippen MR) is 88.9 cm³/mol. The minimum atomic E-state index is -0.118. The molecule has 3 rings (SSSR count). The third-order valence-corrected chi connectivity index (χ3v) is 4.23. The topological polar surface area (TPSA) is 20.3 Å². The van der Waals surface area contributed by atoms with Crippen molar-refractivity contribution in [3.63, 3.8) is 0 Å². The molecule has 106 valence electrons. The summed E-state index contributed by atoms with van der Waals surface area (Å²) < 4.78 is 1.01. The van der Waals surface area contributed by atoms with E-state index in [1.165, 1.54) is 0 Å². The summed E-state index contributed by atoms with van der Waals surface area (Å²) >= 11 is 3.48. The molecule has 1 unspecified atom stereocenters. The van der Waals surface area contributed by atoms with E-state index >= 15 is 0 Å². The second-order valence-corrected chi connectivity index (χ2v) is 6.24. The summed E-state index contributed by atoms with van der Waals surface area (Å²) in [7, 11) is 2.01. The van der Waals surface area contributed by atoms with Crippen LogP contribution in [0.3, 0.4) is 0 Å². The number of hydrogen-bond donors (Lipinski definition) is 0. The van der Waals surface area contributed by atoms with Crippen molar-refractivity contribution in [2.75, 3.05) is 13.6 Å². The Hall–Kier alpha value is -1.87. The predicted octanol–water partition coefficient (Wildman–Crippen LogP) is 4.09. The van der Waals surface area contributed by atoms with Crippen LogP contribution < -0.4 is 0 Å². The van der Waals surface area contributed by atoms with Crippen LogP contribution in [0.2, 0.25) is 0 Å². The second kappa shape index (κ2) is 5.86. The van der Waals surface area contributed by atoms with Gasteiger partial charge in [0.2, 0.25) is 0 Å². The molecule has 2 aromatic carbocycles. The standard InChI is InChI=1S/C18H16BrNO/c1-20-11-16(13-6-3-2-4-7-13)18(21)17(12-20)14-8-5-9-15(19)10-14/h2-11,17H,12H2,1H3. The molecule has 1 aliphatic rings. The van der Waals surface area contributed by atoms with Gasteiger partial charge in [0.25, 0.3) is 0 Å². The number of Topliss-reactive ketones (excluding diaryl/α,β-unsaturated/α-hetero) is 1.